The van der Waals surface area contributed by atoms with E-state index in [0.29, 0.717) is 32.3 Å². The molecule has 0 saturated carbocycles. The Bertz CT molecular complexity index is 707. The molecule has 0 radical (unpaired) electrons. The average Bonchev–Trinajstić information content (AvgIpc) is 3.29. The molecule has 1 atom stereocenters. The standard InChI is InChI=1S/C23H29NO4/c25-21(16-24-12-10-20(11-13-24)23-26-14-15-27-23)17-28-22-8-6-19(7-9-22)18-4-2-1-3-5-18/h1-9,20-21,23,25H,10-17H2. The number of rotatable bonds is 7. The molecule has 5 heteroatoms. The highest BCUT2D eigenvalue weighted by molar-refractivity contribution is 5.63. The fraction of sp³-hybridized carbons (Fsp3) is 0.478. The monoisotopic (exact) mass is 383 g/mol. The molecule has 0 aromatic heterocycles. The highest BCUT2D eigenvalue weighted by Crippen LogP contribution is 2.26. The Morgan fingerprint density at radius 1 is 0.929 bits per heavy atom. The van der Waals surface area contributed by atoms with Crippen LogP contribution in [0.4, 0.5) is 0 Å². The summed E-state index contributed by atoms with van der Waals surface area (Å²) in [6, 6.07) is 18.3. The molecule has 2 fully saturated rings. The van der Waals surface area contributed by atoms with E-state index in [2.05, 4.69) is 29.2 Å². The molecule has 1 unspecified atom stereocenters. The molecule has 0 spiro atoms. The van der Waals surface area contributed by atoms with Crippen LogP contribution in [0.2, 0.25) is 0 Å². The number of piperidine rings is 1. The van der Waals surface area contributed by atoms with E-state index in [1.54, 1.807) is 0 Å². The molecule has 2 aromatic rings. The molecular weight excluding hydrogens is 354 g/mol. The molecule has 0 amide bonds. The van der Waals surface area contributed by atoms with E-state index < -0.39 is 6.10 Å². The van der Waals surface area contributed by atoms with E-state index in [1.807, 2.05) is 30.3 Å². The van der Waals surface area contributed by atoms with Gasteiger partial charge >= 0.3 is 0 Å². The molecule has 2 aliphatic rings. The number of likely N-dealkylation sites (tertiary alicyclic amines) is 1. The third-order valence-electron chi connectivity index (χ3n) is 5.54. The third kappa shape index (κ3) is 5.11. The van der Waals surface area contributed by atoms with Gasteiger partial charge in [-0.25, -0.2) is 0 Å². The van der Waals surface area contributed by atoms with E-state index >= 15 is 0 Å². The van der Waals surface area contributed by atoms with E-state index in [1.165, 1.54) is 5.56 Å². The topological polar surface area (TPSA) is 51.2 Å². The zero-order valence-electron chi connectivity index (χ0n) is 16.2. The van der Waals surface area contributed by atoms with Crippen LogP contribution >= 0.6 is 0 Å². The van der Waals surface area contributed by atoms with Gasteiger partial charge in [-0.3, -0.25) is 0 Å². The number of β-amino-alcohol motifs (C(OH)–C–C–N with tert-alkyl or cyclic N) is 1. The summed E-state index contributed by atoms with van der Waals surface area (Å²) >= 11 is 0. The molecular formula is C23H29NO4. The highest BCUT2D eigenvalue weighted by Gasteiger charge is 2.30. The third-order valence-corrected chi connectivity index (χ3v) is 5.54. The number of hydrogen-bond donors (Lipinski definition) is 1. The van der Waals surface area contributed by atoms with Crippen molar-refractivity contribution in [3.8, 4) is 16.9 Å². The number of nitrogens with zero attached hydrogens (tertiary/aromatic N) is 1. The molecule has 0 aliphatic carbocycles. The molecule has 28 heavy (non-hydrogen) atoms. The summed E-state index contributed by atoms with van der Waals surface area (Å²) in [6.07, 6.45) is 1.59. The van der Waals surface area contributed by atoms with Gasteiger partial charge in [0.2, 0.25) is 0 Å². The Kier molecular flexibility index (Phi) is 6.60. The van der Waals surface area contributed by atoms with Gasteiger partial charge in [-0.15, -0.1) is 0 Å². The lowest BCUT2D eigenvalue weighted by Crippen LogP contribution is -2.42. The predicted octanol–water partition coefficient (Wildman–Crippen LogP) is 3.18. The second-order valence-corrected chi connectivity index (χ2v) is 7.60. The van der Waals surface area contributed by atoms with Crippen molar-refractivity contribution < 1.29 is 19.3 Å². The van der Waals surface area contributed by atoms with Crippen molar-refractivity contribution in [3.05, 3.63) is 54.6 Å². The van der Waals surface area contributed by atoms with Crippen LogP contribution < -0.4 is 4.74 Å². The van der Waals surface area contributed by atoms with Crippen LogP contribution in [0.15, 0.2) is 54.6 Å². The molecule has 2 heterocycles. The van der Waals surface area contributed by atoms with Gasteiger partial charge in [0, 0.05) is 12.5 Å². The van der Waals surface area contributed by atoms with Gasteiger partial charge in [0.15, 0.2) is 6.29 Å². The van der Waals surface area contributed by atoms with Gasteiger partial charge in [0.25, 0.3) is 0 Å². The smallest absolute Gasteiger partial charge is 0.160 e. The lowest BCUT2D eigenvalue weighted by molar-refractivity contribution is -0.0989. The molecule has 5 nitrogen and oxygen atoms in total. The first kappa shape index (κ1) is 19.4. The van der Waals surface area contributed by atoms with Crippen LogP contribution in [0, 0.1) is 5.92 Å². The summed E-state index contributed by atoms with van der Waals surface area (Å²) in [4.78, 5) is 2.30. The number of aliphatic hydroxyl groups is 1. The van der Waals surface area contributed by atoms with E-state index in [4.69, 9.17) is 14.2 Å². The molecule has 4 rings (SSSR count). The lowest BCUT2D eigenvalue weighted by Gasteiger charge is -2.34. The van der Waals surface area contributed by atoms with Crippen molar-refractivity contribution in [2.75, 3.05) is 39.5 Å². The maximum absolute atomic E-state index is 10.4. The summed E-state index contributed by atoms with van der Waals surface area (Å²) in [7, 11) is 0. The number of aliphatic hydroxyl groups excluding tert-OH is 1. The maximum atomic E-state index is 10.4. The first-order valence-corrected chi connectivity index (χ1v) is 10.2. The number of hydrogen-bond acceptors (Lipinski definition) is 5. The van der Waals surface area contributed by atoms with Crippen LogP contribution in [0.3, 0.4) is 0 Å². The van der Waals surface area contributed by atoms with Crippen LogP contribution in [-0.2, 0) is 9.47 Å². The van der Waals surface area contributed by atoms with Gasteiger partial charge in [-0.2, -0.15) is 0 Å². The maximum Gasteiger partial charge on any atom is 0.160 e. The number of ether oxygens (including phenoxy) is 3. The molecule has 2 aliphatic heterocycles. The Hall–Kier alpha value is -1.92. The first-order chi connectivity index (χ1) is 13.8. The second kappa shape index (κ2) is 9.52. The minimum atomic E-state index is -0.496. The minimum Gasteiger partial charge on any atom is -0.491 e. The Morgan fingerprint density at radius 3 is 2.25 bits per heavy atom. The Morgan fingerprint density at radius 2 is 1.57 bits per heavy atom. The molecule has 1 N–H and O–H groups in total. The van der Waals surface area contributed by atoms with Crippen molar-refractivity contribution in [2.45, 2.75) is 25.2 Å². The summed E-state index contributed by atoms with van der Waals surface area (Å²) in [5.74, 6) is 1.27. The van der Waals surface area contributed by atoms with Gasteiger partial charge in [0.05, 0.1) is 13.2 Å². The minimum absolute atomic E-state index is 0.0192. The van der Waals surface area contributed by atoms with Crippen LogP contribution in [0.1, 0.15) is 12.8 Å². The summed E-state index contributed by atoms with van der Waals surface area (Å²) in [6.45, 7) is 4.31. The largest absolute Gasteiger partial charge is 0.491 e. The Balaban J connectivity index is 1.19. The normalized spacial score (nSPS) is 20.3. The molecule has 150 valence electrons. The van der Waals surface area contributed by atoms with Crippen molar-refractivity contribution in [1.29, 1.82) is 0 Å². The van der Waals surface area contributed by atoms with E-state index in [-0.39, 0.29) is 6.29 Å². The Labute approximate surface area is 166 Å². The second-order valence-electron chi connectivity index (χ2n) is 7.60. The lowest BCUT2D eigenvalue weighted by atomic mass is 9.96. The van der Waals surface area contributed by atoms with E-state index in [0.717, 1.165) is 37.2 Å². The first-order valence-electron chi connectivity index (χ1n) is 10.2. The van der Waals surface area contributed by atoms with Crippen LogP contribution in [0.5, 0.6) is 5.75 Å². The van der Waals surface area contributed by atoms with Gasteiger partial charge in [-0.05, 0) is 49.2 Å². The summed E-state index contributed by atoms with van der Waals surface area (Å²) < 4.78 is 17.0. The van der Waals surface area contributed by atoms with Crippen molar-refractivity contribution in [3.63, 3.8) is 0 Å². The summed E-state index contributed by atoms with van der Waals surface area (Å²) in [5, 5.41) is 10.4. The van der Waals surface area contributed by atoms with Crippen molar-refractivity contribution >= 4 is 0 Å². The van der Waals surface area contributed by atoms with Crippen LogP contribution in [0.25, 0.3) is 11.1 Å². The average molecular weight is 383 g/mol. The van der Waals surface area contributed by atoms with Crippen molar-refractivity contribution in [1.82, 2.24) is 4.90 Å². The van der Waals surface area contributed by atoms with E-state index in [9.17, 15) is 5.11 Å². The quantitative estimate of drug-likeness (QED) is 0.796. The van der Waals surface area contributed by atoms with Crippen molar-refractivity contribution in [2.24, 2.45) is 5.92 Å². The SMILES string of the molecule is OC(COc1ccc(-c2ccccc2)cc1)CN1CCC(C2OCCO2)CC1. The zero-order valence-corrected chi connectivity index (χ0v) is 16.2. The van der Waals surface area contributed by atoms with Gasteiger partial charge in [0.1, 0.15) is 18.5 Å². The molecule has 0 bridgehead atoms. The highest BCUT2D eigenvalue weighted by atomic mass is 16.7. The molecule has 2 saturated heterocycles. The zero-order chi connectivity index (χ0) is 19.2. The predicted molar refractivity (Wildman–Crippen MR) is 108 cm³/mol. The fourth-order valence-corrected chi connectivity index (χ4v) is 3.97. The van der Waals surface area contributed by atoms with Gasteiger partial charge in [-0.1, -0.05) is 42.5 Å². The number of benzene rings is 2. The molecule has 2 aromatic carbocycles. The van der Waals surface area contributed by atoms with Crippen LogP contribution in [-0.4, -0.2) is 61.9 Å². The van der Waals surface area contributed by atoms with Gasteiger partial charge < -0.3 is 24.2 Å². The fourth-order valence-electron chi connectivity index (χ4n) is 3.97. The summed E-state index contributed by atoms with van der Waals surface area (Å²) in [5.41, 5.74) is 2.34.